The molecule has 88 valence electrons. The van der Waals surface area contributed by atoms with Crippen molar-refractivity contribution in [3.63, 3.8) is 0 Å². The number of rotatable bonds is 4. The maximum atomic E-state index is 11.6. The summed E-state index contributed by atoms with van der Waals surface area (Å²) in [6.45, 7) is 5.84. The number of anilines is 1. The Kier molecular flexibility index (Phi) is 4.17. The molecule has 16 heavy (non-hydrogen) atoms. The van der Waals surface area contributed by atoms with Crippen molar-refractivity contribution in [1.82, 2.24) is 0 Å². The van der Waals surface area contributed by atoms with Gasteiger partial charge in [-0.25, -0.2) is 4.79 Å². The second kappa shape index (κ2) is 5.39. The summed E-state index contributed by atoms with van der Waals surface area (Å²) in [7, 11) is 0. The molecule has 4 nitrogen and oxygen atoms in total. The van der Waals surface area contributed by atoms with Crippen LogP contribution in [0.5, 0.6) is 5.75 Å². The van der Waals surface area contributed by atoms with Gasteiger partial charge in [-0.2, -0.15) is 0 Å². The Labute approximate surface area is 95.3 Å². The first-order chi connectivity index (χ1) is 7.56. The summed E-state index contributed by atoms with van der Waals surface area (Å²) in [5.41, 5.74) is 6.59. The molecule has 0 unspecified atom stereocenters. The van der Waals surface area contributed by atoms with Crippen molar-refractivity contribution >= 4 is 11.7 Å². The molecule has 0 spiro atoms. The predicted molar refractivity (Wildman–Crippen MR) is 62.6 cm³/mol. The van der Waals surface area contributed by atoms with Crippen molar-refractivity contribution in [3.8, 4) is 5.75 Å². The van der Waals surface area contributed by atoms with Crippen LogP contribution in [0, 0.1) is 0 Å². The van der Waals surface area contributed by atoms with Crippen LogP contribution in [0.15, 0.2) is 18.2 Å². The quantitative estimate of drug-likeness (QED) is 0.628. The third-order valence-corrected chi connectivity index (χ3v) is 1.89. The van der Waals surface area contributed by atoms with Crippen LogP contribution in [0.2, 0.25) is 0 Å². The predicted octanol–water partition coefficient (Wildman–Crippen LogP) is 2.23. The Hall–Kier alpha value is -1.71. The molecule has 0 fully saturated rings. The fourth-order valence-corrected chi connectivity index (χ4v) is 1.29. The first-order valence-electron chi connectivity index (χ1n) is 5.28. The summed E-state index contributed by atoms with van der Waals surface area (Å²) in [6.07, 6.45) is -0.0436. The molecule has 2 N–H and O–H groups in total. The second-order valence-electron chi connectivity index (χ2n) is 3.61. The molecule has 0 atom stereocenters. The van der Waals surface area contributed by atoms with Crippen LogP contribution in [0.4, 0.5) is 5.69 Å². The van der Waals surface area contributed by atoms with Gasteiger partial charge in [-0.15, -0.1) is 0 Å². The van der Waals surface area contributed by atoms with Gasteiger partial charge in [0.15, 0.2) is 5.75 Å². The maximum absolute atomic E-state index is 11.6. The minimum Gasteiger partial charge on any atom is -0.488 e. The van der Waals surface area contributed by atoms with Gasteiger partial charge in [0.2, 0.25) is 0 Å². The molecule has 0 radical (unpaired) electrons. The van der Waals surface area contributed by atoms with Gasteiger partial charge in [0.1, 0.15) is 5.56 Å². The van der Waals surface area contributed by atoms with E-state index >= 15 is 0 Å². The molecule has 1 aromatic rings. The normalized spacial score (nSPS) is 10.2. The van der Waals surface area contributed by atoms with Gasteiger partial charge in [0.05, 0.1) is 18.4 Å². The smallest absolute Gasteiger partial charge is 0.341 e. The van der Waals surface area contributed by atoms with E-state index < -0.39 is 5.97 Å². The van der Waals surface area contributed by atoms with Gasteiger partial charge in [0.25, 0.3) is 0 Å². The molecule has 0 aromatic heterocycles. The topological polar surface area (TPSA) is 61.5 Å². The minimum atomic E-state index is -0.412. The van der Waals surface area contributed by atoms with Crippen LogP contribution in [-0.4, -0.2) is 18.7 Å². The van der Waals surface area contributed by atoms with E-state index in [0.29, 0.717) is 23.6 Å². The van der Waals surface area contributed by atoms with E-state index in [2.05, 4.69) is 0 Å². The highest BCUT2D eigenvalue weighted by atomic mass is 16.5. The lowest BCUT2D eigenvalue weighted by Gasteiger charge is -2.15. The molecule has 0 aliphatic rings. The molecule has 4 heteroatoms. The molecule has 1 rings (SSSR count). The van der Waals surface area contributed by atoms with Crippen molar-refractivity contribution in [2.45, 2.75) is 26.9 Å². The average Bonchev–Trinajstić information content (AvgIpc) is 2.20. The lowest BCUT2D eigenvalue weighted by Crippen LogP contribution is -2.13. The highest BCUT2D eigenvalue weighted by molar-refractivity contribution is 5.94. The summed E-state index contributed by atoms with van der Waals surface area (Å²) >= 11 is 0. The van der Waals surface area contributed by atoms with E-state index in [9.17, 15) is 4.79 Å². The highest BCUT2D eigenvalue weighted by Crippen LogP contribution is 2.28. The summed E-state index contributed by atoms with van der Waals surface area (Å²) in [6, 6.07) is 5.04. The summed E-state index contributed by atoms with van der Waals surface area (Å²) in [5, 5.41) is 0. The number of nitrogen functional groups attached to an aromatic ring is 1. The molecule has 0 saturated heterocycles. The summed E-state index contributed by atoms with van der Waals surface area (Å²) in [5.74, 6) is -0.0126. The fraction of sp³-hybridized carbons (Fsp3) is 0.417. The second-order valence-corrected chi connectivity index (χ2v) is 3.61. The van der Waals surface area contributed by atoms with E-state index in [0.717, 1.165) is 0 Å². The number of esters is 1. The highest BCUT2D eigenvalue weighted by Gasteiger charge is 2.16. The number of carbonyl (C=O) groups excluding carboxylic acids is 1. The third kappa shape index (κ3) is 2.89. The molecule has 0 saturated carbocycles. The van der Waals surface area contributed by atoms with Crippen molar-refractivity contribution < 1.29 is 14.3 Å². The number of nitrogens with two attached hydrogens (primary N) is 1. The third-order valence-electron chi connectivity index (χ3n) is 1.89. The largest absolute Gasteiger partial charge is 0.488 e. The van der Waals surface area contributed by atoms with Crippen LogP contribution in [0.1, 0.15) is 31.1 Å². The molecule has 0 heterocycles. The van der Waals surface area contributed by atoms with Crippen LogP contribution in [0.3, 0.4) is 0 Å². The number of ether oxygens (including phenoxy) is 2. The van der Waals surface area contributed by atoms with E-state index in [1.165, 1.54) is 0 Å². The van der Waals surface area contributed by atoms with Crippen LogP contribution in [0.25, 0.3) is 0 Å². The van der Waals surface area contributed by atoms with E-state index in [4.69, 9.17) is 15.2 Å². The van der Waals surface area contributed by atoms with Crippen molar-refractivity contribution in [2.24, 2.45) is 0 Å². The van der Waals surface area contributed by atoms with E-state index in [-0.39, 0.29) is 6.10 Å². The standard InChI is InChI=1S/C12H17NO3/c1-4-15-12(14)9-6-5-7-10(13)11(9)16-8(2)3/h5-8H,4,13H2,1-3H3. The molecule has 0 aliphatic carbocycles. The molecule has 0 aliphatic heterocycles. The Balaban J connectivity index is 3.07. The first-order valence-corrected chi connectivity index (χ1v) is 5.28. The number of hydrogen-bond donors (Lipinski definition) is 1. The van der Waals surface area contributed by atoms with Crippen LogP contribution < -0.4 is 10.5 Å². The Morgan fingerprint density at radius 2 is 2.12 bits per heavy atom. The van der Waals surface area contributed by atoms with Gasteiger partial charge >= 0.3 is 5.97 Å². The van der Waals surface area contributed by atoms with Gasteiger partial charge in [0, 0.05) is 0 Å². The number of carbonyl (C=O) groups is 1. The zero-order chi connectivity index (χ0) is 12.1. The van der Waals surface area contributed by atoms with Gasteiger partial charge in [-0.3, -0.25) is 0 Å². The van der Waals surface area contributed by atoms with Gasteiger partial charge in [-0.05, 0) is 32.9 Å². The molecular formula is C12H17NO3. The molecule has 1 aromatic carbocycles. The van der Waals surface area contributed by atoms with Crippen molar-refractivity contribution in [3.05, 3.63) is 23.8 Å². The Morgan fingerprint density at radius 1 is 1.44 bits per heavy atom. The Bertz CT molecular complexity index is 375. The Morgan fingerprint density at radius 3 is 2.69 bits per heavy atom. The summed E-state index contributed by atoms with van der Waals surface area (Å²) < 4.78 is 10.4. The fourth-order valence-electron chi connectivity index (χ4n) is 1.29. The maximum Gasteiger partial charge on any atom is 0.341 e. The SMILES string of the molecule is CCOC(=O)c1cccc(N)c1OC(C)C. The van der Waals surface area contributed by atoms with Crippen molar-refractivity contribution in [1.29, 1.82) is 0 Å². The summed E-state index contributed by atoms with van der Waals surface area (Å²) in [4.78, 5) is 11.6. The van der Waals surface area contributed by atoms with Crippen LogP contribution in [-0.2, 0) is 4.74 Å². The van der Waals surface area contributed by atoms with Gasteiger partial charge < -0.3 is 15.2 Å². The number of para-hydroxylation sites is 1. The molecule has 0 amide bonds. The van der Waals surface area contributed by atoms with Gasteiger partial charge in [-0.1, -0.05) is 6.07 Å². The zero-order valence-electron chi connectivity index (χ0n) is 9.82. The molecular weight excluding hydrogens is 206 g/mol. The number of benzene rings is 1. The van der Waals surface area contributed by atoms with E-state index in [1.54, 1.807) is 25.1 Å². The van der Waals surface area contributed by atoms with E-state index in [1.807, 2.05) is 13.8 Å². The van der Waals surface area contributed by atoms with Crippen LogP contribution >= 0.6 is 0 Å². The lowest BCUT2D eigenvalue weighted by atomic mass is 10.1. The first kappa shape index (κ1) is 12.4. The molecule has 0 bridgehead atoms. The van der Waals surface area contributed by atoms with Crippen molar-refractivity contribution in [2.75, 3.05) is 12.3 Å². The minimum absolute atomic E-state index is 0.0436. The number of hydrogen-bond acceptors (Lipinski definition) is 4. The average molecular weight is 223 g/mol. The zero-order valence-corrected chi connectivity index (χ0v) is 9.82. The monoisotopic (exact) mass is 223 g/mol. The lowest BCUT2D eigenvalue weighted by molar-refractivity contribution is 0.0520.